The second kappa shape index (κ2) is 6.36. The van der Waals surface area contributed by atoms with Gasteiger partial charge in [-0.15, -0.1) is 11.3 Å². The number of rotatable bonds is 5. The lowest BCUT2D eigenvalue weighted by Gasteiger charge is -2.12. The van der Waals surface area contributed by atoms with Crippen molar-refractivity contribution in [1.82, 2.24) is 25.8 Å². The van der Waals surface area contributed by atoms with Crippen LogP contribution in [0.25, 0.3) is 0 Å². The number of amides is 1. The third-order valence-corrected chi connectivity index (χ3v) is 4.80. The second-order valence-corrected chi connectivity index (χ2v) is 6.24. The molecular weight excluding hydrogens is 286 g/mol. The molecule has 21 heavy (non-hydrogen) atoms. The van der Waals surface area contributed by atoms with Crippen LogP contribution in [0.2, 0.25) is 0 Å². The molecule has 0 spiro atoms. The number of aromatic amines is 1. The van der Waals surface area contributed by atoms with Crippen molar-refractivity contribution in [2.45, 2.75) is 32.7 Å². The summed E-state index contributed by atoms with van der Waals surface area (Å²) >= 11 is 1.71. The number of hydrogen-bond donors (Lipinski definition) is 3. The fourth-order valence-electron chi connectivity index (χ4n) is 2.41. The zero-order valence-electron chi connectivity index (χ0n) is 12.0. The number of aryl methyl sites for hydroxylation is 1. The summed E-state index contributed by atoms with van der Waals surface area (Å²) in [7, 11) is 0. The highest BCUT2D eigenvalue weighted by Gasteiger charge is 2.21. The van der Waals surface area contributed by atoms with E-state index in [0.29, 0.717) is 18.8 Å². The Morgan fingerprint density at radius 2 is 2.43 bits per heavy atom. The van der Waals surface area contributed by atoms with Crippen LogP contribution in [0, 0.1) is 0 Å². The molecule has 0 saturated heterocycles. The summed E-state index contributed by atoms with van der Waals surface area (Å²) in [5.41, 5.74) is 2.60. The van der Waals surface area contributed by atoms with Gasteiger partial charge in [0.05, 0.1) is 5.01 Å². The lowest BCUT2D eigenvalue weighted by Crippen LogP contribution is -2.29. The second-order valence-electron chi connectivity index (χ2n) is 5.04. The van der Waals surface area contributed by atoms with E-state index in [1.54, 1.807) is 11.3 Å². The van der Waals surface area contributed by atoms with Crippen LogP contribution in [0.1, 0.15) is 38.6 Å². The number of thiazole rings is 1. The highest BCUT2D eigenvalue weighted by molar-refractivity contribution is 7.11. The Morgan fingerprint density at radius 3 is 3.24 bits per heavy atom. The van der Waals surface area contributed by atoms with E-state index < -0.39 is 0 Å². The quantitative estimate of drug-likeness (QED) is 0.771. The van der Waals surface area contributed by atoms with Gasteiger partial charge in [-0.05, 0) is 6.42 Å². The third-order valence-electron chi connectivity index (χ3n) is 3.60. The van der Waals surface area contributed by atoms with Crippen LogP contribution in [0.3, 0.4) is 0 Å². The van der Waals surface area contributed by atoms with E-state index in [4.69, 9.17) is 0 Å². The number of nitrogens with zero attached hydrogens (tertiary/aromatic N) is 2. The molecule has 0 aliphatic carbocycles. The topological polar surface area (TPSA) is 82.7 Å². The number of H-pyrrole nitrogens is 1. The minimum Gasteiger partial charge on any atom is -0.350 e. The maximum absolute atomic E-state index is 12.2. The van der Waals surface area contributed by atoms with Crippen molar-refractivity contribution in [3.05, 3.63) is 33.0 Å². The molecule has 2 aromatic rings. The van der Waals surface area contributed by atoms with E-state index in [-0.39, 0.29) is 5.91 Å². The van der Waals surface area contributed by atoms with Crippen LogP contribution in [-0.2, 0) is 25.8 Å². The minimum absolute atomic E-state index is 0.108. The molecule has 3 N–H and O–H groups in total. The maximum Gasteiger partial charge on any atom is 0.272 e. The summed E-state index contributed by atoms with van der Waals surface area (Å²) < 4.78 is 0. The van der Waals surface area contributed by atoms with E-state index in [9.17, 15) is 4.79 Å². The van der Waals surface area contributed by atoms with Crippen molar-refractivity contribution in [3.8, 4) is 0 Å². The summed E-state index contributed by atoms with van der Waals surface area (Å²) in [4.78, 5) is 17.8. The molecule has 1 aliphatic heterocycles. The van der Waals surface area contributed by atoms with E-state index >= 15 is 0 Å². The molecule has 0 unspecified atom stereocenters. The SMILES string of the molecule is CCc1cnc(CCNC(=O)c2n[nH]c3c2CNCC3)s1. The Morgan fingerprint density at radius 1 is 1.52 bits per heavy atom. The number of fused-ring (bicyclic) bond motifs is 1. The van der Waals surface area contributed by atoms with Crippen LogP contribution < -0.4 is 10.6 Å². The molecule has 7 heteroatoms. The maximum atomic E-state index is 12.2. The van der Waals surface area contributed by atoms with Crippen LogP contribution in [-0.4, -0.2) is 34.2 Å². The zero-order chi connectivity index (χ0) is 14.7. The van der Waals surface area contributed by atoms with Crippen LogP contribution in [0.5, 0.6) is 0 Å². The molecule has 3 heterocycles. The Hall–Kier alpha value is -1.73. The first-order valence-electron chi connectivity index (χ1n) is 7.26. The molecule has 0 atom stereocenters. The fourth-order valence-corrected chi connectivity index (χ4v) is 3.27. The van der Waals surface area contributed by atoms with Gasteiger partial charge in [-0.25, -0.2) is 4.98 Å². The fraction of sp³-hybridized carbons (Fsp3) is 0.500. The monoisotopic (exact) mass is 305 g/mol. The van der Waals surface area contributed by atoms with E-state index in [2.05, 4.69) is 32.7 Å². The van der Waals surface area contributed by atoms with Gasteiger partial charge in [-0.3, -0.25) is 9.89 Å². The van der Waals surface area contributed by atoms with Gasteiger partial charge >= 0.3 is 0 Å². The standard InChI is InChI=1S/C14H19N5OS/c1-2-9-7-17-12(21-9)4-6-16-14(20)13-10-8-15-5-3-11(10)18-19-13/h7,15H,2-6,8H2,1H3,(H,16,20)(H,18,19). The summed E-state index contributed by atoms with van der Waals surface area (Å²) in [5, 5.41) is 14.4. The molecule has 112 valence electrons. The molecule has 0 fully saturated rings. The predicted octanol–water partition coefficient (Wildman–Crippen LogP) is 1.05. The summed E-state index contributed by atoms with van der Waals surface area (Å²) in [6.07, 6.45) is 4.59. The molecule has 6 nitrogen and oxygen atoms in total. The average molecular weight is 305 g/mol. The first kappa shape index (κ1) is 14.2. The smallest absolute Gasteiger partial charge is 0.272 e. The lowest BCUT2D eigenvalue weighted by atomic mass is 10.1. The minimum atomic E-state index is -0.108. The Labute approximate surface area is 127 Å². The van der Waals surface area contributed by atoms with E-state index in [1.165, 1.54) is 4.88 Å². The van der Waals surface area contributed by atoms with Crippen molar-refractivity contribution in [1.29, 1.82) is 0 Å². The number of hydrogen-bond acceptors (Lipinski definition) is 5. The Kier molecular flexibility index (Phi) is 4.31. The Bertz CT molecular complexity index is 633. The molecule has 0 aromatic carbocycles. The van der Waals surface area contributed by atoms with Gasteiger partial charge in [-0.2, -0.15) is 5.10 Å². The predicted molar refractivity (Wildman–Crippen MR) is 81.5 cm³/mol. The zero-order valence-corrected chi connectivity index (χ0v) is 12.8. The molecule has 0 radical (unpaired) electrons. The molecule has 2 aromatic heterocycles. The third kappa shape index (κ3) is 3.14. The number of carbonyl (C=O) groups is 1. The van der Waals surface area contributed by atoms with Crippen LogP contribution in [0.4, 0.5) is 0 Å². The van der Waals surface area contributed by atoms with E-state index in [1.807, 2.05) is 6.20 Å². The molecule has 0 saturated carbocycles. The summed E-state index contributed by atoms with van der Waals surface area (Å²) in [6.45, 7) is 4.35. The van der Waals surface area contributed by atoms with Gasteiger partial charge in [-0.1, -0.05) is 6.92 Å². The van der Waals surface area contributed by atoms with Crippen molar-refractivity contribution in [3.63, 3.8) is 0 Å². The number of nitrogens with one attached hydrogen (secondary N) is 3. The van der Waals surface area contributed by atoms with Crippen LogP contribution >= 0.6 is 11.3 Å². The average Bonchev–Trinajstić information content (AvgIpc) is 3.13. The normalized spacial score (nSPS) is 14.0. The van der Waals surface area contributed by atoms with Crippen LogP contribution in [0.15, 0.2) is 6.20 Å². The van der Waals surface area contributed by atoms with Gasteiger partial charge in [0.25, 0.3) is 5.91 Å². The van der Waals surface area contributed by atoms with Gasteiger partial charge in [0.2, 0.25) is 0 Å². The molecule has 1 aliphatic rings. The van der Waals surface area contributed by atoms with Gasteiger partial charge < -0.3 is 10.6 Å². The highest BCUT2D eigenvalue weighted by atomic mass is 32.1. The number of aromatic nitrogens is 3. The van der Waals surface area contributed by atoms with Crippen molar-refractivity contribution in [2.24, 2.45) is 0 Å². The van der Waals surface area contributed by atoms with Crippen molar-refractivity contribution >= 4 is 17.2 Å². The highest BCUT2D eigenvalue weighted by Crippen LogP contribution is 2.15. The first-order chi connectivity index (χ1) is 10.3. The van der Waals surface area contributed by atoms with Gasteiger partial charge in [0.1, 0.15) is 0 Å². The van der Waals surface area contributed by atoms with Crippen molar-refractivity contribution < 1.29 is 4.79 Å². The molecule has 0 bridgehead atoms. The summed E-state index contributed by atoms with van der Waals surface area (Å²) in [6, 6.07) is 0. The Balaban J connectivity index is 1.55. The van der Waals surface area contributed by atoms with Gasteiger partial charge in [0.15, 0.2) is 5.69 Å². The lowest BCUT2D eigenvalue weighted by molar-refractivity contribution is 0.0948. The van der Waals surface area contributed by atoms with E-state index in [0.717, 1.165) is 42.1 Å². The molecule has 1 amide bonds. The van der Waals surface area contributed by atoms with Crippen molar-refractivity contribution in [2.75, 3.05) is 13.1 Å². The first-order valence-corrected chi connectivity index (χ1v) is 8.08. The molecular formula is C14H19N5OS. The molecule has 3 rings (SSSR count). The summed E-state index contributed by atoms with van der Waals surface area (Å²) in [5.74, 6) is -0.108. The largest absolute Gasteiger partial charge is 0.350 e. The number of carbonyl (C=O) groups excluding carboxylic acids is 1. The van der Waals surface area contributed by atoms with Gasteiger partial charge in [0, 0.05) is 54.8 Å².